The molecule has 1 aliphatic heterocycles. The second-order valence-corrected chi connectivity index (χ2v) is 5.01. The van der Waals surface area contributed by atoms with Crippen LogP contribution < -0.4 is 4.74 Å². The summed E-state index contributed by atoms with van der Waals surface area (Å²) >= 11 is 0. The van der Waals surface area contributed by atoms with Gasteiger partial charge < -0.3 is 9.47 Å². The zero-order valence-corrected chi connectivity index (χ0v) is 12.6. The van der Waals surface area contributed by atoms with E-state index in [-0.39, 0.29) is 11.5 Å². The molecule has 0 unspecified atom stereocenters. The molecule has 1 aromatic rings. The molecule has 8 heteroatoms. The number of carbonyl (C=O) groups excluding carboxylic acids is 1. The summed E-state index contributed by atoms with van der Waals surface area (Å²) in [6.07, 6.45) is -3.06. The van der Waals surface area contributed by atoms with Crippen molar-refractivity contribution in [3.05, 3.63) is 29.8 Å². The highest BCUT2D eigenvalue weighted by molar-refractivity contribution is 5.69. The largest absolute Gasteiger partial charge is 0.494 e. The van der Waals surface area contributed by atoms with Crippen LogP contribution >= 0.6 is 0 Å². The van der Waals surface area contributed by atoms with Crippen molar-refractivity contribution in [3.63, 3.8) is 0 Å². The molecule has 23 heavy (non-hydrogen) atoms. The number of hydrogen-bond donors (Lipinski definition) is 0. The fourth-order valence-electron chi connectivity index (χ4n) is 2.04. The fourth-order valence-corrected chi connectivity index (χ4v) is 2.04. The lowest BCUT2D eigenvalue weighted by atomic mass is 10.0. The molecule has 0 radical (unpaired) electrons. The highest BCUT2D eigenvalue weighted by Gasteiger charge is 2.65. The lowest BCUT2D eigenvalue weighted by Crippen LogP contribution is -2.30. The predicted molar refractivity (Wildman–Crippen MR) is 75.0 cm³/mol. The van der Waals surface area contributed by atoms with E-state index in [2.05, 4.69) is 10.2 Å². The molecule has 1 aliphatic rings. The van der Waals surface area contributed by atoms with Gasteiger partial charge in [-0.05, 0) is 31.9 Å². The lowest BCUT2D eigenvalue weighted by molar-refractivity contribution is -0.166. The van der Waals surface area contributed by atoms with E-state index in [1.165, 1.54) is 18.2 Å². The summed E-state index contributed by atoms with van der Waals surface area (Å²) in [5.41, 5.74) is -2.50. The number of halogens is 3. The van der Waals surface area contributed by atoms with E-state index >= 15 is 0 Å². The first-order chi connectivity index (χ1) is 10.9. The number of benzene rings is 1. The van der Waals surface area contributed by atoms with E-state index in [0.717, 1.165) is 0 Å². The van der Waals surface area contributed by atoms with Crippen molar-refractivity contribution < 1.29 is 27.4 Å². The zero-order chi connectivity index (χ0) is 16.9. The Morgan fingerprint density at radius 3 is 2.61 bits per heavy atom. The normalized spacial score (nSPS) is 15.3. The number of nitrogens with zero attached hydrogens (tertiary/aromatic N) is 2. The Kier molecular flexibility index (Phi) is 5.23. The average Bonchev–Trinajstić information content (AvgIpc) is 3.29. The number of hydrogen-bond acceptors (Lipinski definition) is 5. The minimum atomic E-state index is -4.55. The monoisotopic (exact) mass is 330 g/mol. The van der Waals surface area contributed by atoms with Gasteiger partial charge in [-0.3, -0.25) is 4.79 Å². The van der Waals surface area contributed by atoms with Crippen molar-refractivity contribution >= 4 is 5.97 Å². The van der Waals surface area contributed by atoms with Gasteiger partial charge in [0.25, 0.3) is 0 Å². The summed E-state index contributed by atoms with van der Waals surface area (Å²) in [6, 6.07) is 5.65. The van der Waals surface area contributed by atoms with Crippen LogP contribution in [-0.2, 0) is 15.2 Å². The van der Waals surface area contributed by atoms with E-state index in [1.807, 2.05) is 0 Å². The highest BCUT2D eigenvalue weighted by Crippen LogP contribution is 2.52. The van der Waals surface area contributed by atoms with Crippen LogP contribution in [0, 0.1) is 0 Å². The maximum absolute atomic E-state index is 12.9. The van der Waals surface area contributed by atoms with E-state index < -0.39 is 11.8 Å². The first-order valence-electron chi connectivity index (χ1n) is 7.29. The van der Waals surface area contributed by atoms with Gasteiger partial charge in [-0.25, -0.2) is 0 Å². The standard InChI is InChI=1S/C15H17F3N2O3/c1-2-22-13(21)8-3-4-9-23-12-7-5-6-11(10-12)14(19-20-14)15(16,17)18/h5-7,10H,2-4,8-9H2,1H3. The van der Waals surface area contributed by atoms with Crippen molar-refractivity contribution in [2.24, 2.45) is 10.2 Å². The average molecular weight is 330 g/mol. The Labute approximate surface area is 131 Å². The summed E-state index contributed by atoms with van der Waals surface area (Å²) in [4.78, 5) is 11.1. The molecule has 126 valence electrons. The number of ether oxygens (including phenoxy) is 2. The van der Waals surface area contributed by atoms with Crippen LogP contribution in [0.4, 0.5) is 13.2 Å². The summed E-state index contributed by atoms with van der Waals surface area (Å²) < 4.78 is 49.0. The number of carbonyl (C=O) groups is 1. The molecule has 0 saturated heterocycles. The first kappa shape index (κ1) is 17.2. The van der Waals surface area contributed by atoms with Crippen LogP contribution in [-0.4, -0.2) is 25.4 Å². The van der Waals surface area contributed by atoms with Gasteiger partial charge in [-0.1, -0.05) is 12.1 Å². The van der Waals surface area contributed by atoms with Crippen molar-refractivity contribution in [2.75, 3.05) is 13.2 Å². The van der Waals surface area contributed by atoms with Crippen molar-refractivity contribution in [2.45, 2.75) is 38.0 Å². The molecule has 0 amide bonds. The van der Waals surface area contributed by atoms with Crippen LogP contribution in [0.1, 0.15) is 31.7 Å². The third kappa shape index (κ3) is 4.20. The fraction of sp³-hybridized carbons (Fsp3) is 0.533. The Morgan fingerprint density at radius 2 is 2.00 bits per heavy atom. The molecule has 1 heterocycles. The third-order valence-corrected chi connectivity index (χ3v) is 3.28. The van der Waals surface area contributed by atoms with Crippen LogP contribution in [0.3, 0.4) is 0 Å². The van der Waals surface area contributed by atoms with Crippen molar-refractivity contribution in [1.82, 2.24) is 0 Å². The molecule has 0 spiro atoms. The maximum atomic E-state index is 12.9. The molecular weight excluding hydrogens is 313 g/mol. The van der Waals surface area contributed by atoms with Crippen LogP contribution in [0.2, 0.25) is 0 Å². The van der Waals surface area contributed by atoms with E-state index in [9.17, 15) is 18.0 Å². The summed E-state index contributed by atoms with van der Waals surface area (Å²) in [7, 11) is 0. The van der Waals surface area contributed by atoms with Crippen LogP contribution in [0.25, 0.3) is 0 Å². The minimum absolute atomic E-state index is 0.0611. The van der Waals surface area contributed by atoms with Gasteiger partial charge in [-0.2, -0.15) is 13.2 Å². The van der Waals surface area contributed by atoms with Crippen molar-refractivity contribution in [3.8, 4) is 5.75 Å². The Morgan fingerprint density at radius 1 is 1.26 bits per heavy atom. The lowest BCUT2D eigenvalue weighted by Gasteiger charge is -2.15. The van der Waals surface area contributed by atoms with Crippen LogP contribution in [0.15, 0.2) is 34.5 Å². The summed E-state index contributed by atoms with van der Waals surface area (Å²) in [5.74, 6) is 0.0538. The summed E-state index contributed by atoms with van der Waals surface area (Å²) in [6.45, 7) is 2.38. The number of alkyl halides is 3. The topological polar surface area (TPSA) is 60.2 Å². The molecule has 1 aromatic carbocycles. The smallest absolute Gasteiger partial charge is 0.442 e. The zero-order valence-electron chi connectivity index (χ0n) is 12.6. The number of rotatable bonds is 8. The second-order valence-electron chi connectivity index (χ2n) is 5.01. The molecule has 0 aliphatic carbocycles. The van der Waals surface area contributed by atoms with E-state index in [4.69, 9.17) is 9.47 Å². The molecule has 0 saturated carbocycles. The van der Waals surface area contributed by atoms with E-state index in [1.54, 1.807) is 13.0 Å². The van der Waals surface area contributed by atoms with E-state index in [0.29, 0.717) is 38.2 Å². The Balaban J connectivity index is 1.81. The van der Waals surface area contributed by atoms with Gasteiger partial charge in [0.15, 0.2) is 0 Å². The molecule has 0 fully saturated rings. The van der Waals surface area contributed by atoms with Gasteiger partial charge in [-0.15, -0.1) is 10.2 Å². The first-order valence-corrected chi connectivity index (χ1v) is 7.29. The molecule has 0 bridgehead atoms. The SMILES string of the molecule is CCOC(=O)CCCCOc1cccc(C2(C(F)(F)F)N=N2)c1. The van der Waals surface area contributed by atoms with Gasteiger partial charge in [0, 0.05) is 12.0 Å². The van der Waals surface area contributed by atoms with Gasteiger partial charge in [0.1, 0.15) is 5.75 Å². The minimum Gasteiger partial charge on any atom is -0.494 e. The quantitative estimate of drug-likeness (QED) is 0.535. The molecular formula is C15H17F3N2O3. The molecule has 0 atom stereocenters. The predicted octanol–water partition coefficient (Wildman–Crippen LogP) is 3.98. The van der Waals surface area contributed by atoms with Gasteiger partial charge >= 0.3 is 17.8 Å². The third-order valence-electron chi connectivity index (χ3n) is 3.28. The molecule has 2 rings (SSSR count). The second kappa shape index (κ2) is 6.97. The van der Waals surface area contributed by atoms with Crippen molar-refractivity contribution in [1.29, 1.82) is 0 Å². The summed E-state index contributed by atoms with van der Waals surface area (Å²) in [5, 5.41) is 6.31. The van der Waals surface area contributed by atoms with Crippen LogP contribution in [0.5, 0.6) is 5.75 Å². The van der Waals surface area contributed by atoms with Gasteiger partial charge in [0.2, 0.25) is 0 Å². The molecule has 0 N–H and O–H groups in total. The highest BCUT2D eigenvalue weighted by atomic mass is 19.4. The Bertz CT molecular complexity index is 582. The maximum Gasteiger partial charge on any atom is 0.442 e. The molecule has 5 nitrogen and oxygen atoms in total. The van der Waals surface area contributed by atoms with Gasteiger partial charge in [0.05, 0.1) is 13.2 Å². The number of esters is 1. The number of unbranched alkanes of at least 4 members (excludes halogenated alkanes) is 1. The Hall–Kier alpha value is -2.12. The molecule has 0 aromatic heterocycles.